The highest BCUT2D eigenvalue weighted by Crippen LogP contribution is 2.23. The fourth-order valence-electron chi connectivity index (χ4n) is 1.97. The molecule has 0 radical (unpaired) electrons. The van der Waals surface area contributed by atoms with Crippen molar-refractivity contribution in [2.75, 3.05) is 11.9 Å². The van der Waals surface area contributed by atoms with E-state index in [1.807, 2.05) is 0 Å². The Kier molecular flexibility index (Phi) is 5.18. The fraction of sp³-hybridized carbons (Fsp3) is 0.188. The summed E-state index contributed by atoms with van der Waals surface area (Å²) in [5.41, 5.74) is -1.33. The highest BCUT2D eigenvalue weighted by atomic mass is 35.5. The summed E-state index contributed by atoms with van der Waals surface area (Å²) in [6, 6.07) is 9.65. The molecule has 23 heavy (non-hydrogen) atoms. The number of anilines is 1. The van der Waals surface area contributed by atoms with E-state index >= 15 is 0 Å². The van der Waals surface area contributed by atoms with E-state index in [-0.39, 0.29) is 11.6 Å². The standard InChI is InChI=1S/C16H15ClF2N2O2/c1-16(23,10-5-3-2-4-6-10)9-20-15(22)21-14-12(18)7-11(17)8-13(14)19/h2-8,23H,9H2,1H3,(H2,20,21,22). The molecule has 0 bridgehead atoms. The Balaban J connectivity index is 2.01. The van der Waals surface area contributed by atoms with Crippen molar-refractivity contribution in [2.24, 2.45) is 0 Å². The molecule has 0 aromatic heterocycles. The smallest absolute Gasteiger partial charge is 0.319 e. The minimum atomic E-state index is -1.32. The average molecular weight is 341 g/mol. The third-order valence-corrected chi connectivity index (χ3v) is 3.45. The summed E-state index contributed by atoms with van der Waals surface area (Å²) in [4.78, 5) is 11.8. The fourth-order valence-corrected chi connectivity index (χ4v) is 2.16. The van der Waals surface area contributed by atoms with Crippen LogP contribution in [0.4, 0.5) is 19.3 Å². The van der Waals surface area contributed by atoms with Crippen LogP contribution in [-0.4, -0.2) is 17.7 Å². The number of aliphatic hydroxyl groups is 1. The topological polar surface area (TPSA) is 61.4 Å². The van der Waals surface area contributed by atoms with Gasteiger partial charge in [-0.1, -0.05) is 41.9 Å². The van der Waals surface area contributed by atoms with Gasteiger partial charge in [0.25, 0.3) is 0 Å². The van der Waals surface area contributed by atoms with Crippen LogP contribution in [0.1, 0.15) is 12.5 Å². The van der Waals surface area contributed by atoms with E-state index in [0.717, 1.165) is 12.1 Å². The zero-order chi connectivity index (χ0) is 17.0. The summed E-state index contributed by atoms with van der Waals surface area (Å²) in [6.07, 6.45) is 0. The van der Waals surface area contributed by atoms with E-state index in [1.54, 1.807) is 30.3 Å². The summed E-state index contributed by atoms with van der Waals surface area (Å²) < 4.78 is 27.2. The molecule has 0 saturated heterocycles. The number of urea groups is 1. The summed E-state index contributed by atoms with van der Waals surface area (Å²) in [7, 11) is 0. The molecule has 0 spiro atoms. The molecule has 2 amide bonds. The summed E-state index contributed by atoms with van der Waals surface area (Å²) in [5.74, 6) is -1.97. The molecule has 0 aliphatic carbocycles. The summed E-state index contributed by atoms with van der Waals surface area (Å²) in [5, 5.41) is 14.7. The molecule has 0 aliphatic rings. The van der Waals surface area contributed by atoms with Crippen molar-refractivity contribution in [3.63, 3.8) is 0 Å². The maximum atomic E-state index is 13.6. The van der Waals surface area contributed by atoms with E-state index in [2.05, 4.69) is 10.6 Å². The highest BCUT2D eigenvalue weighted by molar-refractivity contribution is 6.30. The minimum Gasteiger partial charge on any atom is -0.384 e. The molecule has 2 aromatic rings. The molecular formula is C16H15ClF2N2O2. The van der Waals surface area contributed by atoms with Crippen molar-refractivity contribution in [1.82, 2.24) is 5.32 Å². The molecule has 2 rings (SSSR count). The Bertz CT molecular complexity index is 685. The Morgan fingerprint density at radius 2 is 1.78 bits per heavy atom. The van der Waals surface area contributed by atoms with Crippen molar-refractivity contribution in [2.45, 2.75) is 12.5 Å². The zero-order valence-electron chi connectivity index (χ0n) is 12.2. The Labute approximate surface area is 137 Å². The van der Waals surface area contributed by atoms with Crippen LogP contribution in [0.25, 0.3) is 0 Å². The lowest BCUT2D eigenvalue weighted by atomic mass is 9.96. The second kappa shape index (κ2) is 6.93. The first-order valence-electron chi connectivity index (χ1n) is 6.77. The van der Waals surface area contributed by atoms with Gasteiger partial charge in [0.2, 0.25) is 0 Å². The third-order valence-electron chi connectivity index (χ3n) is 3.23. The average Bonchev–Trinajstić information content (AvgIpc) is 2.50. The molecule has 3 N–H and O–H groups in total. The second-order valence-electron chi connectivity index (χ2n) is 5.19. The largest absolute Gasteiger partial charge is 0.384 e. The zero-order valence-corrected chi connectivity index (χ0v) is 13.0. The van der Waals surface area contributed by atoms with Gasteiger partial charge >= 0.3 is 6.03 Å². The molecule has 0 aliphatic heterocycles. The number of hydrogen-bond donors (Lipinski definition) is 3. The van der Waals surface area contributed by atoms with E-state index in [9.17, 15) is 18.7 Å². The van der Waals surface area contributed by atoms with Crippen LogP contribution in [0, 0.1) is 11.6 Å². The molecule has 1 unspecified atom stereocenters. The Hall–Kier alpha value is -2.18. The van der Waals surface area contributed by atoms with Gasteiger partial charge in [0.15, 0.2) is 11.6 Å². The summed E-state index contributed by atoms with van der Waals surface area (Å²) in [6.45, 7) is 1.38. The van der Waals surface area contributed by atoms with E-state index in [4.69, 9.17) is 11.6 Å². The number of hydrogen-bond acceptors (Lipinski definition) is 2. The first kappa shape index (κ1) is 17.2. The van der Waals surface area contributed by atoms with Gasteiger partial charge in [0.05, 0.1) is 6.54 Å². The van der Waals surface area contributed by atoms with Crippen molar-refractivity contribution in [1.29, 1.82) is 0 Å². The number of nitrogens with one attached hydrogen (secondary N) is 2. The first-order chi connectivity index (χ1) is 10.8. The van der Waals surface area contributed by atoms with Crippen LogP contribution in [0.5, 0.6) is 0 Å². The van der Waals surface area contributed by atoms with E-state index < -0.39 is 29.0 Å². The summed E-state index contributed by atoms with van der Waals surface area (Å²) >= 11 is 5.51. The number of carbonyl (C=O) groups is 1. The van der Waals surface area contributed by atoms with Gasteiger partial charge in [-0.05, 0) is 24.6 Å². The van der Waals surface area contributed by atoms with Crippen LogP contribution in [0.2, 0.25) is 5.02 Å². The van der Waals surface area contributed by atoms with Gasteiger partial charge in [0, 0.05) is 5.02 Å². The quantitative estimate of drug-likeness (QED) is 0.795. The van der Waals surface area contributed by atoms with Crippen LogP contribution >= 0.6 is 11.6 Å². The monoisotopic (exact) mass is 340 g/mol. The van der Waals surface area contributed by atoms with Gasteiger partial charge in [-0.3, -0.25) is 0 Å². The van der Waals surface area contributed by atoms with Gasteiger partial charge in [0.1, 0.15) is 11.3 Å². The number of carbonyl (C=O) groups excluding carboxylic acids is 1. The van der Waals surface area contributed by atoms with Gasteiger partial charge in [-0.15, -0.1) is 0 Å². The molecule has 1 atom stereocenters. The lowest BCUT2D eigenvalue weighted by molar-refractivity contribution is 0.0599. The number of rotatable bonds is 4. The van der Waals surface area contributed by atoms with E-state index in [0.29, 0.717) is 5.56 Å². The van der Waals surface area contributed by atoms with Gasteiger partial charge in [-0.2, -0.15) is 0 Å². The molecule has 0 fully saturated rings. The first-order valence-corrected chi connectivity index (χ1v) is 7.15. The minimum absolute atomic E-state index is 0.113. The SMILES string of the molecule is CC(O)(CNC(=O)Nc1c(F)cc(Cl)cc1F)c1ccccc1. The van der Waals surface area contributed by atoms with Crippen molar-refractivity contribution >= 4 is 23.3 Å². The molecule has 122 valence electrons. The lowest BCUT2D eigenvalue weighted by Gasteiger charge is -2.24. The molecule has 4 nitrogen and oxygen atoms in total. The third kappa shape index (κ3) is 4.40. The van der Waals surface area contributed by atoms with E-state index in [1.165, 1.54) is 6.92 Å². The Morgan fingerprint density at radius 1 is 1.22 bits per heavy atom. The predicted molar refractivity (Wildman–Crippen MR) is 84.4 cm³/mol. The van der Waals surface area contributed by atoms with Gasteiger partial charge in [-0.25, -0.2) is 13.6 Å². The molecule has 2 aromatic carbocycles. The van der Waals surface area contributed by atoms with Crippen LogP contribution in [0.15, 0.2) is 42.5 Å². The number of halogens is 3. The number of benzene rings is 2. The predicted octanol–water partition coefficient (Wildman–Crippen LogP) is 3.65. The lowest BCUT2D eigenvalue weighted by Crippen LogP contribution is -2.40. The number of amides is 2. The normalized spacial score (nSPS) is 13.3. The van der Waals surface area contributed by atoms with Crippen LogP contribution in [0.3, 0.4) is 0 Å². The van der Waals surface area contributed by atoms with Crippen molar-refractivity contribution < 1.29 is 18.7 Å². The molecule has 0 saturated carbocycles. The molecule has 7 heteroatoms. The highest BCUT2D eigenvalue weighted by Gasteiger charge is 2.24. The second-order valence-corrected chi connectivity index (χ2v) is 5.63. The van der Waals surface area contributed by atoms with Gasteiger partial charge < -0.3 is 15.7 Å². The molecular weight excluding hydrogens is 326 g/mol. The maximum absolute atomic E-state index is 13.6. The van der Waals surface area contributed by atoms with Crippen LogP contribution in [-0.2, 0) is 5.60 Å². The maximum Gasteiger partial charge on any atom is 0.319 e. The van der Waals surface area contributed by atoms with Crippen molar-refractivity contribution in [3.8, 4) is 0 Å². The molecule has 0 heterocycles. The van der Waals surface area contributed by atoms with Crippen molar-refractivity contribution in [3.05, 3.63) is 64.7 Å². The Morgan fingerprint density at radius 3 is 2.35 bits per heavy atom. The van der Waals surface area contributed by atoms with Crippen LogP contribution < -0.4 is 10.6 Å².